The van der Waals surface area contributed by atoms with E-state index < -0.39 is 0 Å². The lowest BCUT2D eigenvalue weighted by atomic mass is 9.95. The standard InChI is InChI=1S/C19H22ClN3O2S.ClH/c20-15-5-3-14(4-6-15)16(13-1-2-13)11-24-17-18(23-26-22-17)25-19-8-7-12(9-19)10-21-19;/h3-6,12-13,16,21H,1-2,7-11H2;1H. The van der Waals surface area contributed by atoms with Crippen molar-refractivity contribution >= 4 is 35.7 Å². The predicted molar refractivity (Wildman–Crippen MR) is 108 cm³/mol. The van der Waals surface area contributed by atoms with Crippen LogP contribution in [-0.4, -0.2) is 27.6 Å². The highest BCUT2D eigenvalue weighted by Gasteiger charge is 2.47. The maximum absolute atomic E-state index is 6.24. The Morgan fingerprint density at radius 2 is 1.96 bits per heavy atom. The lowest BCUT2D eigenvalue weighted by Crippen LogP contribution is -2.45. The van der Waals surface area contributed by atoms with Crippen LogP contribution in [0.4, 0.5) is 0 Å². The van der Waals surface area contributed by atoms with Crippen molar-refractivity contribution in [1.82, 2.24) is 14.1 Å². The molecule has 1 N–H and O–H groups in total. The van der Waals surface area contributed by atoms with Gasteiger partial charge in [0.2, 0.25) is 0 Å². The summed E-state index contributed by atoms with van der Waals surface area (Å²) in [6, 6.07) is 8.11. The maximum atomic E-state index is 6.24. The van der Waals surface area contributed by atoms with E-state index in [9.17, 15) is 0 Å². The average molecular weight is 428 g/mol. The highest BCUT2D eigenvalue weighted by atomic mass is 35.5. The number of fused-ring (bicyclic) bond motifs is 2. The number of hydrogen-bond acceptors (Lipinski definition) is 6. The lowest BCUT2D eigenvalue weighted by molar-refractivity contribution is 0.0474. The second-order valence-electron chi connectivity index (χ2n) is 7.77. The third-order valence-electron chi connectivity index (χ3n) is 5.90. The summed E-state index contributed by atoms with van der Waals surface area (Å²) in [5.41, 5.74) is 1.02. The Morgan fingerprint density at radius 3 is 2.59 bits per heavy atom. The quantitative estimate of drug-likeness (QED) is 0.695. The van der Waals surface area contributed by atoms with Crippen molar-refractivity contribution in [2.24, 2.45) is 11.8 Å². The molecule has 0 radical (unpaired) electrons. The molecule has 1 aromatic carbocycles. The van der Waals surface area contributed by atoms with Crippen molar-refractivity contribution in [2.45, 2.75) is 43.7 Å². The zero-order chi connectivity index (χ0) is 17.6. The molecular formula is C19H23Cl2N3O2S. The Morgan fingerprint density at radius 1 is 1.19 bits per heavy atom. The van der Waals surface area contributed by atoms with Gasteiger partial charge in [-0.25, -0.2) is 0 Å². The summed E-state index contributed by atoms with van der Waals surface area (Å²) in [7, 11) is 0. The fraction of sp³-hybridized carbons (Fsp3) is 0.579. The molecule has 1 aliphatic heterocycles. The Hall–Kier alpha value is -1.08. The molecule has 3 unspecified atom stereocenters. The summed E-state index contributed by atoms with van der Waals surface area (Å²) in [4.78, 5) is 0. The zero-order valence-electron chi connectivity index (χ0n) is 14.9. The number of halogens is 2. The van der Waals surface area contributed by atoms with E-state index in [0.717, 1.165) is 42.1 Å². The van der Waals surface area contributed by atoms with E-state index in [1.54, 1.807) is 0 Å². The first-order valence-corrected chi connectivity index (χ1v) is 10.5. The number of hydrogen-bond donors (Lipinski definition) is 1. The molecule has 146 valence electrons. The number of aromatic nitrogens is 2. The van der Waals surface area contributed by atoms with Crippen molar-refractivity contribution in [3.63, 3.8) is 0 Å². The van der Waals surface area contributed by atoms with Crippen LogP contribution < -0.4 is 14.8 Å². The highest BCUT2D eigenvalue weighted by Crippen LogP contribution is 2.45. The van der Waals surface area contributed by atoms with Gasteiger partial charge in [0.1, 0.15) is 0 Å². The molecule has 2 saturated carbocycles. The minimum atomic E-state index is -0.259. The zero-order valence-corrected chi connectivity index (χ0v) is 17.3. The molecular weight excluding hydrogens is 405 g/mol. The second-order valence-corrected chi connectivity index (χ2v) is 8.73. The van der Waals surface area contributed by atoms with E-state index in [-0.39, 0.29) is 18.1 Å². The van der Waals surface area contributed by atoms with Crippen molar-refractivity contribution in [1.29, 1.82) is 0 Å². The van der Waals surface area contributed by atoms with Crippen LogP contribution in [0.2, 0.25) is 5.02 Å². The molecule has 0 spiro atoms. The van der Waals surface area contributed by atoms with Gasteiger partial charge < -0.3 is 9.47 Å². The Balaban J connectivity index is 0.00000180. The van der Waals surface area contributed by atoms with Gasteiger partial charge in [0, 0.05) is 30.3 Å². The third kappa shape index (κ3) is 4.04. The fourth-order valence-electron chi connectivity index (χ4n) is 4.29. The molecule has 27 heavy (non-hydrogen) atoms. The van der Waals surface area contributed by atoms with Crippen LogP contribution in [0.1, 0.15) is 43.6 Å². The molecule has 5 rings (SSSR count). The van der Waals surface area contributed by atoms with Gasteiger partial charge in [0.05, 0.1) is 18.3 Å². The summed E-state index contributed by atoms with van der Waals surface area (Å²) in [6.07, 6.45) is 5.82. The first-order chi connectivity index (χ1) is 12.7. The van der Waals surface area contributed by atoms with E-state index >= 15 is 0 Å². The molecule has 2 aliphatic carbocycles. The molecule has 3 aliphatic rings. The van der Waals surface area contributed by atoms with E-state index in [1.807, 2.05) is 12.1 Å². The molecule has 0 amide bonds. The van der Waals surface area contributed by atoms with Crippen molar-refractivity contribution in [3.05, 3.63) is 34.9 Å². The molecule has 2 heterocycles. The van der Waals surface area contributed by atoms with Gasteiger partial charge in [-0.1, -0.05) is 23.7 Å². The van der Waals surface area contributed by atoms with Gasteiger partial charge in [0.25, 0.3) is 11.8 Å². The Kier molecular flexibility index (Phi) is 5.52. The van der Waals surface area contributed by atoms with Gasteiger partial charge in [-0.3, -0.25) is 5.32 Å². The number of ether oxygens (including phenoxy) is 2. The normalized spacial score (nSPS) is 27.2. The number of piperidine rings is 1. The summed E-state index contributed by atoms with van der Waals surface area (Å²) in [6.45, 7) is 1.63. The van der Waals surface area contributed by atoms with Crippen LogP contribution >= 0.6 is 35.7 Å². The van der Waals surface area contributed by atoms with Crippen LogP contribution in [0, 0.1) is 11.8 Å². The fourth-order valence-corrected chi connectivity index (χ4v) is 4.85. The maximum Gasteiger partial charge on any atom is 0.292 e. The highest BCUT2D eigenvalue weighted by molar-refractivity contribution is 6.99. The second kappa shape index (κ2) is 7.74. The number of nitrogens with zero attached hydrogens (tertiary/aromatic N) is 2. The van der Waals surface area contributed by atoms with Crippen LogP contribution in [0.5, 0.6) is 11.8 Å². The molecule has 5 nitrogen and oxygen atoms in total. The van der Waals surface area contributed by atoms with Gasteiger partial charge in [-0.15, -0.1) is 21.2 Å². The van der Waals surface area contributed by atoms with Crippen LogP contribution in [0.3, 0.4) is 0 Å². The summed E-state index contributed by atoms with van der Waals surface area (Å²) in [5.74, 6) is 2.84. The smallest absolute Gasteiger partial charge is 0.292 e. The Labute approximate surface area is 174 Å². The van der Waals surface area contributed by atoms with E-state index in [2.05, 4.69) is 26.2 Å². The van der Waals surface area contributed by atoms with E-state index in [4.69, 9.17) is 21.1 Å². The number of nitrogens with one attached hydrogen (secondary N) is 1. The topological polar surface area (TPSA) is 56.3 Å². The molecule has 3 fully saturated rings. The first-order valence-electron chi connectivity index (χ1n) is 9.36. The van der Waals surface area contributed by atoms with E-state index in [0.29, 0.717) is 30.2 Å². The van der Waals surface area contributed by atoms with Crippen molar-refractivity contribution in [2.75, 3.05) is 13.2 Å². The van der Waals surface area contributed by atoms with E-state index in [1.165, 1.54) is 24.8 Å². The van der Waals surface area contributed by atoms with Crippen molar-refractivity contribution in [3.8, 4) is 11.8 Å². The van der Waals surface area contributed by atoms with Gasteiger partial charge in [-0.2, -0.15) is 0 Å². The average Bonchev–Trinajstić information content (AvgIpc) is 3.09. The minimum Gasteiger partial charge on any atom is -0.473 e. The summed E-state index contributed by atoms with van der Waals surface area (Å²) >= 11 is 7.18. The number of benzene rings is 1. The van der Waals surface area contributed by atoms with Gasteiger partial charge in [-0.05, 0) is 48.8 Å². The minimum absolute atomic E-state index is 0. The molecule has 2 bridgehead atoms. The SMILES string of the molecule is Cl.Clc1ccc(C(COc2nsnc2OC23CCC(CN2)C3)C2CC2)cc1. The molecule has 8 heteroatoms. The number of rotatable bonds is 7. The molecule has 1 saturated heterocycles. The van der Waals surface area contributed by atoms with Crippen LogP contribution in [0.15, 0.2) is 24.3 Å². The molecule has 3 atom stereocenters. The summed E-state index contributed by atoms with van der Waals surface area (Å²) < 4.78 is 21.0. The summed E-state index contributed by atoms with van der Waals surface area (Å²) in [5, 5.41) is 4.27. The Bertz CT molecular complexity index is 774. The first kappa shape index (κ1) is 19.2. The van der Waals surface area contributed by atoms with Gasteiger partial charge in [0.15, 0.2) is 5.72 Å². The largest absolute Gasteiger partial charge is 0.473 e. The van der Waals surface area contributed by atoms with Gasteiger partial charge >= 0.3 is 0 Å². The van der Waals surface area contributed by atoms with Crippen molar-refractivity contribution < 1.29 is 9.47 Å². The third-order valence-corrected chi connectivity index (χ3v) is 6.65. The van der Waals surface area contributed by atoms with Crippen LogP contribution in [0.25, 0.3) is 0 Å². The monoisotopic (exact) mass is 427 g/mol. The lowest BCUT2D eigenvalue weighted by Gasteiger charge is -2.27. The molecule has 2 aromatic rings. The molecule has 1 aromatic heterocycles. The van der Waals surface area contributed by atoms with Crippen LogP contribution in [-0.2, 0) is 0 Å². The predicted octanol–water partition coefficient (Wildman–Crippen LogP) is 4.66.